The molecule has 2 amide bonds. The van der Waals surface area contributed by atoms with Crippen molar-refractivity contribution in [2.45, 2.75) is 26.2 Å². The number of ether oxygens (including phenoxy) is 4. The number of morpholine rings is 1. The molecule has 0 spiro atoms. The van der Waals surface area contributed by atoms with E-state index in [9.17, 15) is 14.4 Å². The van der Waals surface area contributed by atoms with Crippen molar-refractivity contribution in [1.29, 1.82) is 0 Å². The van der Waals surface area contributed by atoms with Crippen LogP contribution in [0.15, 0.2) is 48.5 Å². The van der Waals surface area contributed by atoms with Crippen LogP contribution in [0.2, 0.25) is 0 Å². The molecule has 1 saturated heterocycles. The Kier molecular flexibility index (Phi) is 9.46. The van der Waals surface area contributed by atoms with Gasteiger partial charge in [0.05, 0.1) is 38.8 Å². The molecule has 3 aromatic rings. The molecule has 218 valence electrons. The Morgan fingerprint density at radius 2 is 1.59 bits per heavy atom. The summed E-state index contributed by atoms with van der Waals surface area (Å²) in [5.41, 5.74) is 1.26. The number of ketones is 1. The first-order valence-electron chi connectivity index (χ1n) is 13.5. The number of nitrogens with zero attached hydrogens (tertiary/aromatic N) is 1. The monoisotopic (exact) mass is 563 g/mol. The first-order chi connectivity index (χ1) is 19.6. The highest BCUT2D eigenvalue weighted by atomic mass is 16.5. The number of hydrogen-bond donors (Lipinski definition) is 2. The maximum absolute atomic E-state index is 13.5. The summed E-state index contributed by atoms with van der Waals surface area (Å²) in [6, 6.07) is 14.2. The van der Waals surface area contributed by atoms with E-state index in [1.807, 2.05) is 39.0 Å². The van der Waals surface area contributed by atoms with Crippen LogP contribution >= 0.6 is 0 Å². The first-order valence-corrected chi connectivity index (χ1v) is 13.5. The lowest BCUT2D eigenvalue weighted by Gasteiger charge is -2.26. The van der Waals surface area contributed by atoms with Crippen molar-refractivity contribution < 1.29 is 33.3 Å². The van der Waals surface area contributed by atoms with Crippen molar-refractivity contribution in [3.05, 3.63) is 59.7 Å². The highest BCUT2D eigenvalue weighted by molar-refractivity contribution is 6.48. The quantitative estimate of drug-likeness (QED) is 0.280. The van der Waals surface area contributed by atoms with E-state index in [-0.39, 0.29) is 22.4 Å². The standard InChI is InChI=1S/C31H37N3O7/c1-31(2,3)20-18-24(28(38-4)25(19-20)33-30(37)39-5)32-29(36)27(35)23-10-11-26(22-9-7-6-8-21(22)23)41-17-14-34-12-15-40-16-13-34/h6-11,18-19H,12-17H2,1-5H3,(H,32,36)(H,33,37). The van der Waals surface area contributed by atoms with Gasteiger partial charge in [-0.3, -0.25) is 19.8 Å². The van der Waals surface area contributed by atoms with E-state index in [2.05, 4.69) is 15.5 Å². The smallest absolute Gasteiger partial charge is 0.411 e. The zero-order valence-electron chi connectivity index (χ0n) is 24.2. The number of carbonyl (C=O) groups excluding carboxylic acids is 3. The third kappa shape index (κ3) is 7.14. The summed E-state index contributed by atoms with van der Waals surface area (Å²) < 4.78 is 21.7. The van der Waals surface area contributed by atoms with Crippen LogP contribution in [0.1, 0.15) is 36.7 Å². The molecule has 4 rings (SSSR count). The van der Waals surface area contributed by atoms with E-state index >= 15 is 0 Å². The van der Waals surface area contributed by atoms with Gasteiger partial charge in [-0.1, -0.05) is 45.0 Å². The topological polar surface area (TPSA) is 115 Å². The van der Waals surface area contributed by atoms with E-state index in [1.54, 1.807) is 30.3 Å². The Labute approximate surface area is 239 Å². The molecule has 0 atom stereocenters. The molecule has 0 radical (unpaired) electrons. The Hall–Kier alpha value is -4.15. The zero-order valence-corrected chi connectivity index (χ0v) is 24.2. The third-order valence-electron chi connectivity index (χ3n) is 6.93. The van der Waals surface area contributed by atoms with E-state index < -0.39 is 17.8 Å². The summed E-state index contributed by atoms with van der Waals surface area (Å²) in [6.07, 6.45) is -0.693. The van der Waals surface area contributed by atoms with Crippen molar-refractivity contribution in [3.63, 3.8) is 0 Å². The highest BCUT2D eigenvalue weighted by Gasteiger charge is 2.25. The van der Waals surface area contributed by atoms with Gasteiger partial charge in [-0.2, -0.15) is 0 Å². The van der Waals surface area contributed by atoms with Crippen LogP contribution in [-0.2, 0) is 19.7 Å². The van der Waals surface area contributed by atoms with Gasteiger partial charge in [0.15, 0.2) is 5.75 Å². The Balaban J connectivity index is 1.59. The number of amides is 2. The molecule has 1 fully saturated rings. The normalized spacial score (nSPS) is 13.9. The second-order valence-corrected chi connectivity index (χ2v) is 10.7. The number of Topliss-reactive ketones (excluding diaryl/α,β-unsaturated/α-hetero) is 1. The Morgan fingerprint density at radius 1 is 0.927 bits per heavy atom. The van der Waals surface area contributed by atoms with Gasteiger partial charge < -0.3 is 24.3 Å². The molecular weight excluding hydrogens is 526 g/mol. The number of hydrogen-bond acceptors (Lipinski definition) is 8. The fourth-order valence-electron chi connectivity index (χ4n) is 4.63. The fourth-order valence-corrected chi connectivity index (χ4v) is 4.63. The second kappa shape index (κ2) is 13.0. The van der Waals surface area contributed by atoms with E-state index in [0.717, 1.165) is 43.8 Å². The van der Waals surface area contributed by atoms with Crippen molar-refractivity contribution in [2.75, 3.05) is 64.3 Å². The number of rotatable bonds is 9. The van der Waals surface area contributed by atoms with Crippen LogP contribution in [0, 0.1) is 0 Å². The van der Waals surface area contributed by atoms with Crippen molar-refractivity contribution >= 4 is 39.9 Å². The summed E-state index contributed by atoms with van der Waals surface area (Å²) >= 11 is 0. The molecule has 10 heteroatoms. The van der Waals surface area contributed by atoms with Gasteiger partial charge in [-0.05, 0) is 40.6 Å². The largest absolute Gasteiger partial charge is 0.492 e. The first kappa shape index (κ1) is 29.8. The van der Waals surface area contributed by atoms with Gasteiger partial charge in [-0.15, -0.1) is 0 Å². The molecule has 0 unspecified atom stereocenters. The van der Waals surface area contributed by atoms with Crippen LogP contribution in [0.4, 0.5) is 16.2 Å². The predicted octanol–water partition coefficient (Wildman–Crippen LogP) is 4.86. The second-order valence-electron chi connectivity index (χ2n) is 10.7. The van der Waals surface area contributed by atoms with Crippen molar-refractivity contribution in [1.82, 2.24) is 4.90 Å². The van der Waals surface area contributed by atoms with Crippen molar-refractivity contribution in [2.24, 2.45) is 0 Å². The molecule has 3 aromatic carbocycles. The molecule has 0 bridgehead atoms. The molecule has 1 aliphatic heterocycles. The summed E-state index contributed by atoms with van der Waals surface area (Å²) in [7, 11) is 2.67. The number of fused-ring (bicyclic) bond motifs is 1. The van der Waals surface area contributed by atoms with Gasteiger partial charge in [0.1, 0.15) is 12.4 Å². The Bertz CT molecular complexity index is 1430. The zero-order chi connectivity index (χ0) is 29.6. The molecule has 0 aliphatic carbocycles. The predicted molar refractivity (Wildman–Crippen MR) is 157 cm³/mol. The van der Waals surface area contributed by atoms with Gasteiger partial charge >= 0.3 is 6.09 Å². The molecule has 1 heterocycles. The lowest BCUT2D eigenvalue weighted by Crippen LogP contribution is -2.38. The van der Waals surface area contributed by atoms with Gasteiger partial charge in [0, 0.05) is 30.6 Å². The van der Waals surface area contributed by atoms with Gasteiger partial charge in [0.25, 0.3) is 11.7 Å². The highest BCUT2D eigenvalue weighted by Crippen LogP contribution is 2.39. The summed E-state index contributed by atoms with van der Waals surface area (Å²) in [6.45, 7) is 10.4. The molecule has 0 saturated carbocycles. The summed E-state index contributed by atoms with van der Waals surface area (Å²) in [5.74, 6) is -0.724. The third-order valence-corrected chi connectivity index (χ3v) is 6.93. The molecule has 2 N–H and O–H groups in total. The van der Waals surface area contributed by atoms with E-state index in [0.29, 0.717) is 23.4 Å². The number of benzene rings is 3. The van der Waals surface area contributed by atoms with Crippen LogP contribution in [0.5, 0.6) is 11.5 Å². The summed E-state index contributed by atoms with van der Waals surface area (Å²) in [5, 5.41) is 6.67. The number of carbonyl (C=O) groups is 3. The summed E-state index contributed by atoms with van der Waals surface area (Å²) in [4.78, 5) is 41.1. The van der Waals surface area contributed by atoms with Crippen molar-refractivity contribution in [3.8, 4) is 11.5 Å². The minimum atomic E-state index is -0.843. The maximum Gasteiger partial charge on any atom is 0.411 e. The number of methoxy groups -OCH3 is 2. The van der Waals surface area contributed by atoms with Crippen LogP contribution in [-0.4, -0.2) is 76.4 Å². The molecule has 10 nitrogen and oxygen atoms in total. The average molecular weight is 564 g/mol. The minimum Gasteiger partial charge on any atom is -0.492 e. The number of anilines is 2. The Morgan fingerprint density at radius 3 is 2.22 bits per heavy atom. The van der Waals surface area contributed by atoms with Gasteiger partial charge in [-0.25, -0.2) is 4.79 Å². The van der Waals surface area contributed by atoms with Crippen LogP contribution in [0.3, 0.4) is 0 Å². The van der Waals surface area contributed by atoms with Gasteiger partial charge in [0.2, 0.25) is 0 Å². The average Bonchev–Trinajstić information content (AvgIpc) is 2.96. The van der Waals surface area contributed by atoms with Crippen LogP contribution in [0.25, 0.3) is 10.8 Å². The maximum atomic E-state index is 13.5. The number of nitrogens with one attached hydrogen (secondary N) is 2. The molecule has 1 aliphatic rings. The van der Waals surface area contributed by atoms with E-state index in [1.165, 1.54) is 14.2 Å². The molecule has 41 heavy (non-hydrogen) atoms. The molecule has 0 aromatic heterocycles. The van der Waals surface area contributed by atoms with E-state index in [4.69, 9.17) is 18.9 Å². The van der Waals surface area contributed by atoms with Crippen LogP contribution < -0.4 is 20.1 Å². The fraction of sp³-hybridized carbons (Fsp3) is 0.387. The lowest BCUT2D eigenvalue weighted by molar-refractivity contribution is -0.112. The molecular formula is C31H37N3O7. The lowest BCUT2D eigenvalue weighted by atomic mass is 9.86. The minimum absolute atomic E-state index is 0.193. The SMILES string of the molecule is COC(=O)Nc1cc(C(C)(C)C)cc(NC(=O)C(=O)c2ccc(OCCN3CCOCC3)c3ccccc23)c1OC.